The summed E-state index contributed by atoms with van der Waals surface area (Å²) in [4.78, 5) is 57.4. The lowest BCUT2D eigenvalue weighted by molar-refractivity contribution is -0.137. The molecule has 1 atom stereocenters. The number of carboxylic acids is 1. The lowest BCUT2D eigenvalue weighted by atomic mass is 10.1. The predicted octanol–water partition coefficient (Wildman–Crippen LogP) is 4.76. The predicted molar refractivity (Wildman–Crippen MR) is 182 cm³/mol. The molecule has 1 aliphatic rings. The third-order valence-electron chi connectivity index (χ3n) is 8.25. The number of piperazine rings is 1. The first-order chi connectivity index (χ1) is 22.5. The number of hydrogen-bond acceptors (Lipinski definition) is 6. The first-order valence-corrected chi connectivity index (χ1v) is 15.6. The minimum atomic E-state index is -0.904. The van der Waals surface area contributed by atoms with E-state index < -0.39 is 12.0 Å². The van der Waals surface area contributed by atoms with Crippen LogP contribution in [0.25, 0.3) is 0 Å². The Balaban J connectivity index is 1.24. The van der Waals surface area contributed by atoms with Crippen molar-refractivity contribution >= 4 is 41.0 Å². The number of nitrogens with one attached hydrogen (secondary N) is 2. The highest BCUT2D eigenvalue weighted by molar-refractivity contribution is 6.01. The van der Waals surface area contributed by atoms with Gasteiger partial charge in [0.15, 0.2) is 0 Å². The number of carboxylic acid groups (broad SMARTS) is 1. The quantitative estimate of drug-likeness (QED) is 0.259. The Bertz CT molecular complexity index is 1550. The number of para-hydroxylation sites is 2. The highest BCUT2D eigenvalue weighted by Crippen LogP contribution is 2.27. The molecule has 1 fully saturated rings. The molecule has 0 saturated carbocycles. The fourth-order valence-electron chi connectivity index (χ4n) is 5.62. The number of amides is 5. The Morgan fingerprint density at radius 2 is 1.57 bits per heavy atom. The van der Waals surface area contributed by atoms with Gasteiger partial charge in [-0.1, -0.05) is 42.5 Å². The zero-order valence-corrected chi connectivity index (χ0v) is 27.4. The number of urea groups is 2. The van der Waals surface area contributed by atoms with Gasteiger partial charge in [0, 0.05) is 58.2 Å². The Labute approximate surface area is 275 Å². The third-order valence-corrected chi connectivity index (χ3v) is 8.25. The third kappa shape index (κ3) is 9.62. The molecule has 3 aromatic rings. The second-order valence-corrected chi connectivity index (χ2v) is 11.7. The molecule has 1 saturated heterocycles. The van der Waals surface area contributed by atoms with Crippen molar-refractivity contribution in [1.29, 1.82) is 0 Å². The van der Waals surface area contributed by atoms with E-state index in [9.17, 15) is 24.3 Å². The van der Waals surface area contributed by atoms with Crippen LogP contribution in [0.2, 0.25) is 0 Å². The summed E-state index contributed by atoms with van der Waals surface area (Å²) < 4.78 is 5.48. The van der Waals surface area contributed by atoms with Crippen LogP contribution in [0.5, 0.6) is 5.75 Å². The van der Waals surface area contributed by atoms with Crippen LogP contribution >= 0.6 is 0 Å². The lowest BCUT2D eigenvalue weighted by Gasteiger charge is -2.43. The van der Waals surface area contributed by atoms with Gasteiger partial charge in [0.25, 0.3) is 0 Å². The van der Waals surface area contributed by atoms with Gasteiger partial charge in [0.2, 0.25) is 5.91 Å². The minimum Gasteiger partial charge on any atom is -0.495 e. The maximum Gasteiger partial charge on any atom is 0.323 e. The van der Waals surface area contributed by atoms with Crippen molar-refractivity contribution in [2.45, 2.75) is 32.2 Å². The van der Waals surface area contributed by atoms with E-state index in [-0.39, 0.29) is 30.8 Å². The number of rotatable bonds is 12. The number of nitrogens with zero attached hydrogens (tertiary/aromatic N) is 4. The van der Waals surface area contributed by atoms with Gasteiger partial charge in [-0.3, -0.25) is 9.59 Å². The number of carbonyl (C=O) groups excluding carboxylic acids is 3. The van der Waals surface area contributed by atoms with Gasteiger partial charge in [-0.15, -0.1) is 0 Å². The summed E-state index contributed by atoms with van der Waals surface area (Å²) in [5.74, 6) is -0.556. The largest absolute Gasteiger partial charge is 0.495 e. The summed E-state index contributed by atoms with van der Waals surface area (Å²) >= 11 is 0. The average Bonchev–Trinajstić information content (AvgIpc) is 3.06. The van der Waals surface area contributed by atoms with Crippen molar-refractivity contribution in [2.75, 3.05) is 69.5 Å². The number of hydrogen-bond donors (Lipinski definition) is 3. The zero-order valence-electron chi connectivity index (χ0n) is 27.4. The Morgan fingerprint density at radius 1 is 0.894 bits per heavy atom. The van der Waals surface area contributed by atoms with Gasteiger partial charge in [0.1, 0.15) is 5.75 Å². The molecular formula is C35H44N6O6. The van der Waals surface area contributed by atoms with E-state index in [0.717, 1.165) is 16.8 Å². The van der Waals surface area contributed by atoms with E-state index in [0.29, 0.717) is 56.3 Å². The summed E-state index contributed by atoms with van der Waals surface area (Å²) in [5, 5.41) is 15.1. The molecule has 47 heavy (non-hydrogen) atoms. The lowest BCUT2D eigenvalue weighted by Crippen LogP contribution is -2.57. The van der Waals surface area contributed by atoms with Gasteiger partial charge in [-0.05, 0) is 54.8 Å². The standard InChI is InChI=1S/C35H44N6O6/c1-25-11-8-9-14-29(25)36-34(45)37-30-16-15-26(21-31(30)47-4)22-32(42)38(2)17-10-18-39(3)35(46)40-19-20-41(27-12-6-5-7-13-27)28(24-40)23-33(43)44/h5-9,11-16,21,28H,10,17-20,22-24H2,1-4H3,(H,43,44)(H2,36,37,45). The number of carbonyl (C=O) groups is 4. The van der Waals surface area contributed by atoms with E-state index in [1.54, 1.807) is 47.0 Å². The molecule has 3 aromatic carbocycles. The SMILES string of the molecule is COc1cc(CC(=O)N(C)CCCN(C)C(=O)N2CCN(c3ccccc3)C(CC(=O)O)C2)ccc1NC(=O)Nc1ccccc1C. The van der Waals surface area contributed by atoms with E-state index in [4.69, 9.17) is 4.74 Å². The number of aliphatic carboxylic acids is 1. The van der Waals surface area contributed by atoms with E-state index in [2.05, 4.69) is 15.5 Å². The molecule has 250 valence electrons. The van der Waals surface area contributed by atoms with Gasteiger partial charge in [-0.2, -0.15) is 0 Å². The first-order valence-electron chi connectivity index (χ1n) is 15.6. The van der Waals surface area contributed by atoms with Gasteiger partial charge < -0.3 is 40.1 Å². The highest BCUT2D eigenvalue weighted by Gasteiger charge is 2.32. The summed E-state index contributed by atoms with van der Waals surface area (Å²) in [6.07, 6.45) is 0.660. The number of ether oxygens (including phenoxy) is 1. The van der Waals surface area contributed by atoms with Gasteiger partial charge in [0.05, 0.1) is 31.7 Å². The molecule has 0 aliphatic carbocycles. The summed E-state index contributed by atoms with van der Waals surface area (Å²) in [7, 11) is 4.96. The molecule has 1 aliphatic heterocycles. The summed E-state index contributed by atoms with van der Waals surface area (Å²) in [6, 6.07) is 21.5. The number of anilines is 3. The van der Waals surface area contributed by atoms with Crippen molar-refractivity contribution in [1.82, 2.24) is 14.7 Å². The zero-order chi connectivity index (χ0) is 33.9. The van der Waals surface area contributed by atoms with Crippen molar-refractivity contribution in [2.24, 2.45) is 0 Å². The average molecular weight is 645 g/mol. The molecule has 0 aromatic heterocycles. The molecular weight excluding hydrogens is 600 g/mol. The Morgan fingerprint density at radius 3 is 2.28 bits per heavy atom. The smallest absolute Gasteiger partial charge is 0.323 e. The molecule has 12 nitrogen and oxygen atoms in total. The maximum atomic E-state index is 13.2. The number of aryl methyl sites for hydroxylation is 1. The number of methoxy groups -OCH3 is 1. The fourth-order valence-corrected chi connectivity index (χ4v) is 5.62. The van der Waals surface area contributed by atoms with E-state index in [1.165, 1.54) is 7.11 Å². The van der Waals surface area contributed by atoms with Gasteiger partial charge in [-0.25, -0.2) is 9.59 Å². The van der Waals surface area contributed by atoms with Crippen LogP contribution in [-0.2, 0) is 16.0 Å². The fraction of sp³-hybridized carbons (Fsp3) is 0.371. The van der Waals surface area contributed by atoms with Crippen LogP contribution in [-0.4, -0.2) is 104 Å². The molecule has 5 amide bonds. The molecule has 12 heteroatoms. The summed E-state index contributed by atoms with van der Waals surface area (Å²) in [6.45, 7) is 4.15. The summed E-state index contributed by atoms with van der Waals surface area (Å²) in [5.41, 5.74) is 3.80. The molecule has 0 radical (unpaired) electrons. The van der Waals surface area contributed by atoms with Crippen LogP contribution in [0.1, 0.15) is 24.0 Å². The second kappa shape index (κ2) is 16.3. The first kappa shape index (κ1) is 34.6. The van der Waals surface area contributed by atoms with E-state index in [1.807, 2.05) is 61.5 Å². The van der Waals surface area contributed by atoms with E-state index >= 15 is 0 Å². The normalized spacial score (nSPS) is 14.3. The maximum absolute atomic E-state index is 13.2. The molecule has 3 N–H and O–H groups in total. The van der Waals surface area contributed by atoms with Crippen molar-refractivity contribution < 1.29 is 29.0 Å². The molecule has 1 unspecified atom stereocenters. The van der Waals surface area contributed by atoms with Crippen LogP contribution in [0.4, 0.5) is 26.7 Å². The molecule has 0 spiro atoms. The number of likely N-dealkylation sites (N-methyl/N-ethyl adjacent to an activating group) is 1. The minimum absolute atomic E-state index is 0.0658. The van der Waals surface area contributed by atoms with Crippen molar-refractivity contribution in [3.63, 3.8) is 0 Å². The Hall–Kier alpha value is -5.26. The van der Waals surface area contributed by atoms with Crippen LogP contribution in [0, 0.1) is 6.92 Å². The number of benzene rings is 3. The van der Waals surface area contributed by atoms with Gasteiger partial charge >= 0.3 is 18.0 Å². The van der Waals surface area contributed by atoms with Crippen LogP contribution in [0.15, 0.2) is 72.8 Å². The second-order valence-electron chi connectivity index (χ2n) is 11.7. The highest BCUT2D eigenvalue weighted by atomic mass is 16.5. The molecule has 1 heterocycles. The van der Waals surface area contributed by atoms with Crippen LogP contribution in [0.3, 0.4) is 0 Å². The molecule has 0 bridgehead atoms. The topological polar surface area (TPSA) is 135 Å². The van der Waals surface area contributed by atoms with Crippen LogP contribution < -0.4 is 20.3 Å². The monoisotopic (exact) mass is 644 g/mol. The van der Waals surface area contributed by atoms with Crippen molar-refractivity contribution in [3.8, 4) is 5.75 Å². The Kier molecular flexibility index (Phi) is 12.0. The molecule has 4 rings (SSSR count). The van der Waals surface area contributed by atoms with Crippen molar-refractivity contribution in [3.05, 3.63) is 83.9 Å².